The van der Waals surface area contributed by atoms with Crippen molar-refractivity contribution in [3.05, 3.63) is 17.3 Å². The van der Waals surface area contributed by atoms with Crippen LogP contribution in [-0.2, 0) is 14.8 Å². The molecule has 2 heterocycles. The molecule has 0 saturated heterocycles. The second kappa shape index (κ2) is 6.84. The first-order valence-electron chi connectivity index (χ1n) is 6.75. The zero-order valence-electron chi connectivity index (χ0n) is 13.4. The zero-order chi connectivity index (χ0) is 18.8. The Bertz CT molecular complexity index is 842. The van der Waals surface area contributed by atoms with Gasteiger partial charge in [-0.1, -0.05) is 6.08 Å². The minimum Gasteiger partial charge on any atom is -0.480 e. The van der Waals surface area contributed by atoms with E-state index in [0.717, 1.165) is 11.8 Å². The van der Waals surface area contributed by atoms with Crippen molar-refractivity contribution in [2.75, 3.05) is 12.4 Å². The summed E-state index contributed by atoms with van der Waals surface area (Å²) in [6.07, 6.45) is 1.21. The Kier molecular flexibility index (Phi) is 5.17. The van der Waals surface area contributed by atoms with Gasteiger partial charge in [0.25, 0.3) is 0 Å². The summed E-state index contributed by atoms with van der Waals surface area (Å²) in [6.45, 7) is 2.80. The minimum atomic E-state index is -4.31. The molecule has 136 valence electrons. The van der Waals surface area contributed by atoms with Crippen LogP contribution in [-0.4, -0.2) is 57.6 Å². The Morgan fingerprint density at radius 1 is 1.36 bits per heavy atom. The van der Waals surface area contributed by atoms with Gasteiger partial charge in [0.15, 0.2) is 0 Å². The summed E-state index contributed by atoms with van der Waals surface area (Å²) in [5.74, 6) is -1.27. The summed E-state index contributed by atoms with van der Waals surface area (Å²) >= 11 is 0.845. The van der Waals surface area contributed by atoms with Crippen molar-refractivity contribution in [2.24, 2.45) is 0 Å². The van der Waals surface area contributed by atoms with Crippen LogP contribution in [0.15, 0.2) is 11.5 Å². The highest BCUT2D eigenvalue weighted by Crippen LogP contribution is 2.40. The van der Waals surface area contributed by atoms with Crippen LogP contribution in [0.5, 0.6) is 6.01 Å². The zero-order valence-corrected chi connectivity index (χ0v) is 15.0. The quantitative estimate of drug-likeness (QED) is 0.630. The molecule has 0 radical (unpaired) electrons. The van der Waals surface area contributed by atoms with Gasteiger partial charge in [-0.05, 0) is 19.3 Å². The van der Waals surface area contributed by atoms with E-state index in [-0.39, 0.29) is 17.8 Å². The standard InChI is InChI=1S/C12H15N5O6S2/c1-6-13-9(16-11(14-6)23-3)15-10(20)17-25(21,22)7-4-5-24-12(7,2)8(18)19/h4-5,7H,1-3H3,(H,18,19)(H2,13,14,15,16,17,20). The number of aliphatic carboxylic acids is 1. The molecule has 0 aromatic carbocycles. The molecule has 1 aliphatic heterocycles. The first-order chi connectivity index (χ1) is 11.6. The van der Waals surface area contributed by atoms with E-state index in [1.165, 1.54) is 32.4 Å². The largest absolute Gasteiger partial charge is 0.480 e. The lowest BCUT2D eigenvalue weighted by Crippen LogP contribution is -2.50. The molecule has 3 N–H and O–H groups in total. The van der Waals surface area contributed by atoms with Crippen molar-refractivity contribution in [1.29, 1.82) is 0 Å². The Morgan fingerprint density at radius 3 is 2.64 bits per heavy atom. The summed E-state index contributed by atoms with van der Waals surface area (Å²) in [5.41, 5.74) is 0. The number of carboxylic acids is 1. The number of thioether (sulfide) groups is 1. The molecule has 25 heavy (non-hydrogen) atoms. The number of aryl methyl sites for hydroxylation is 1. The lowest BCUT2D eigenvalue weighted by Gasteiger charge is -2.25. The smallest absolute Gasteiger partial charge is 0.335 e. The number of sulfonamides is 1. The molecule has 2 rings (SSSR count). The molecule has 1 aromatic heterocycles. The molecule has 0 fully saturated rings. The molecular weight excluding hydrogens is 374 g/mol. The number of anilines is 1. The number of aromatic nitrogens is 3. The maximum atomic E-state index is 12.4. The van der Waals surface area contributed by atoms with Crippen LogP contribution in [0.2, 0.25) is 0 Å². The van der Waals surface area contributed by atoms with Crippen LogP contribution in [0.3, 0.4) is 0 Å². The van der Waals surface area contributed by atoms with Crippen LogP contribution in [0.25, 0.3) is 0 Å². The van der Waals surface area contributed by atoms with Crippen LogP contribution in [0.1, 0.15) is 12.7 Å². The van der Waals surface area contributed by atoms with Crippen molar-refractivity contribution in [1.82, 2.24) is 19.7 Å². The number of carbonyl (C=O) groups excluding carboxylic acids is 1. The summed E-state index contributed by atoms with van der Waals surface area (Å²) in [4.78, 5) is 34.7. The fourth-order valence-electron chi connectivity index (χ4n) is 2.00. The average Bonchev–Trinajstić information content (AvgIpc) is 2.90. The van der Waals surface area contributed by atoms with Crippen LogP contribution < -0.4 is 14.8 Å². The van der Waals surface area contributed by atoms with Gasteiger partial charge in [0.05, 0.1) is 7.11 Å². The number of carbonyl (C=O) groups is 2. The third-order valence-electron chi connectivity index (χ3n) is 3.24. The molecule has 11 nitrogen and oxygen atoms in total. The minimum absolute atomic E-state index is 0.0563. The molecular formula is C12H15N5O6S2. The van der Waals surface area contributed by atoms with E-state index in [0.29, 0.717) is 0 Å². The molecule has 0 saturated carbocycles. The molecule has 1 aromatic rings. The molecule has 1 aliphatic rings. The van der Waals surface area contributed by atoms with Gasteiger partial charge in [-0.15, -0.1) is 11.8 Å². The second-order valence-electron chi connectivity index (χ2n) is 5.07. The number of nitrogens with zero attached hydrogens (tertiary/aromatic N) is 3. The Labute approximate surface area is 147 Å². The molecule has 2 unspecified atom stereocenters. The number of urea groups is 1. The van der Waals surface area contributed by atoms with E-state index >= 15 is 0 Å². The van der Waals surface area contributed by atoms with E-state index in [4.69, 9.17) is 4.74 Å². The Hall–Kier alpha value is -2.41. The first kappa shape index (κ1) is 18.9. The summed E-state index contributed by atoms with van der Waals surface area (Å²) < 4.78 is 29.7. The van der Waals surface area contributed by atoms with Crippen LogP contribution in [0.4, 0.5) is 10.7 Å². The van der Waals surface area contributed by atoms with Crippen molar-refractivity contribution >= 4 is 39.7 Å². The lowest BCUT2D eigenvalue weighted by atomic mass is 10.1. The van der Waals surface area contributed by atoms with Gasteiger partial charge in [0.2, 0.25) is 16.0 Å². The average molecular weight is 389 g/mol. The third kappa shape index (κ3) is 3.99. The van der Waals surface area contributed by atoms with E-state index in [2.05, 4.69) is 20.3 Å². The molecule has 0 spiro atoms. The molecule has 0 bridgehead atoms. The van der Waals surface area contributed by atoms with Gasteiger partial charge in [-0.3, -0.25) is 10.1 Å². The fourth-order valence-corrected chi connectivity index (χ4v) is 4.89. The maximum absolute atomic E-state index is 12.4. The topological polar surface area (TPSA) is 160 Å². The second-order valence-corrected chi connectivity index (χ2v) is 8.23. The van der Waals surface area contributed by atoms with E-state index in [9.17, 15) is 23.1 Å². The number of ether oxygens (including phenoxy) is 1. The summed E-state index contributed by atoms with van der Waals surface area (Å²) in [7, 11) is -2.99. The summed E-state index contributed by atoms with van der Waals surface area (Å²) in [6, 6.07) is -1.19. The third-order valence-corrected chi connectivity index (χ3v) is 6.37. The molecule has 0 aliphatic carbocycles. The van der Waals surface area contributed by atoms with Crippen molar-refractivity contribution in [3.8, 4) is 6.01 Å². The highest BCUT2D eigenvalue weighted by atomic mass is 32.2. The molecule has 2 atom stereocenters. The van der Waals surface area contributed by atoms with E-state index in [1.807, 2.05) is 0 Å². The highest BCUT2D eigenvalue weighted by Gasteiger charge is 2.51. The molecule has 2 amide bonds. The van der Waals surface area contributed by atoms with Crippen LogP contribution in [0, 0.1) is 6.92 Å². The van der Waals surface area contributed by atoms with Gasteiger partial charge in [-0.25, -0.2) is 17.9 Å². The monoisotopic (exact) mass is 389 g/mol. The number of amides is 2. The van der Waals surface area contributed by atoms with Crippen molar-refractivity contribution in [3.63, 3.8) is 0 Å². The number of rotatable bonds is 5. The van der Waals surface area contributed by atoms with Gasteiger partial charge < -0.3 is 9.84 Å². The van der Waals surface area contributed by atoms with E-state index in [1.54, 1.807) is 4.72 Å². The lowest BCUT2D eigenvalue weighted by molar-refractivity contribution is -0.139. The Morgan fingerprint density at radius 2 is 2.04 bits per heavy atom. The predicted molar refractivity (Wildman–Crippen MR) is 88.8 cm³/mol. The maximum Gasteiger partial charge on any atom is 0.335 e. The SMILES string of the molecule is COc1nc(C)nc(NC(=O)NS(=O)(=O)C2C=CSC2(C)C(=O)O)n1. The van der Waals surface area contributed by atoms with Gasteiger partial charge >= 0.3 is 18.0 Å². The first-order valence-corrected chi connectivity index (χ1v) is 9.18. The molecule has 13 heteroatoms. The normalized spacial score (nSPS) is 22.4. The number of hydrogen-bond donors (Lipinski definition) is 3. The van der Waals surface area contributed by atoms with Gasteiger partial charge in [-0.2, -0.15) is 15.0 Å². The Balaban J connectivity index is 2.16. The predicted octanol–water partition coefficient (Wildman–Crippen LogP) is 0.112. The van der Waals surface area contributed by atoms with Gasteiger partial charge in [0, 0.05) is 0 Å². The number of nitrogens with one attached hydrogen (secondary N) is 2. The number of methoxy groups -OCH3 is 1. The fraction of sp³-hybridized carbons (Fsp3) is 0.417. The van der Waals surface area contributed by atoms with Crippen molar-refractivity contribution < 1.29 is 27.9 Å². The van der Waals surface area contributed by atoms with Gasteiger partial charge in [0.1, 0.15) is 15.8 Å². The van der Waals surface area contributed by atoms with Crippen molar-refractivity contribution in [2.45, 2.75) is 23.8 Å². The highest BCUT2D eigenvalue weighted by molar-refractivity contribution is 8.05. The number of hydrogen-bond acceptors (Lipinski definition) is 9. The van der Waals surface area contributed by atoms with E-state index < -0.39 is 32.0 Å². The van der Waals surface area contributed by atoms with Crippen LogP contribution >= 0.6 is 11.8 Å². The summed E-state index contributed by atoms with van der Waals surface area (Å²) in [5, 5.41) is 11.4. The number of carboxylic acid groups (broad SMARTS) is 1.